The number of allylic oxidation sites excluding steroid dienone is 6. The van der Waals surface area contributed by atoms with E-state index in [4.69, 9.17) is 20.4 Å². The van der Waals surface area contributed by atoms with Gasteiger partial charge >= 0.3 is 18.1 Å². The van der Waals surface area contributed by atoms with Gasteiger partial charge < -0.3 is 20.4 Å². The van der Waals surface area contributed by atoms with Crippen molar-refractivity contribution in [2.75, 3.05) is 0 Å². The zero-order valence-electron chi connectivity index (χ0n) is 11.6. The Bertz CT molecular complexity index is 597. The van der Waals surface area contributed by atoms with Crippen LogP contribution in [0.1, 0.15) is 0 Å². The summed E-state index contributed by atoms with van der Waals surface area (Å²) in [6.45, 7) is 0. The highest BCUT2D eigenvalue weighted by molar-refractivity contribution is 5.94. The molecule has 0 saturated carbocycles. The summed E-state index contributed by atoms with van der Waals surface area (Å²) in [7, 11) is 0. The van der Waals surface area contributed by atoms with E-state index in [2.05, 4.69) is 0 Å². The second kappa shape index (κ2) is 11.2. The molecule has 0 amide bonds. The van der Waals surface area contributed by atoms with Gasteiger partial charge in [0, 0.05) is 0 Å². The number of hydrogen-bond donors (Lipinski definition) is 4. The summed E-state index contributed by atoms with van der Waals surface area (Å²) in [6.07, 6.45) is -0.328. The van der Waals surface area contributed by atoms with Gasteiger partial charge in [0.2, 0.25) is 11.5 Å². The Balaban J connectivity index is 0. The number of aldehydes is 1. The molecule has 0 radical (unpaired) electrons. The van der Waals surface area contributed by atoms with Crippen LogP contribution in [-0.2, 0) is 19.2 Å². The van der Waals surface area contributed by atoms with Crippen molar-refractivity contribution < 1.29 is 52.8 Å². The number of aliphatic hydroxyl groups is 2. The quantitative estimate of drug-likeness (QED) is 0.243. The lowest BCUT2D eigenvalue weighted by Crippen LogP contribution is -2.19. The van der Waals surface area contributed by atoms with Gasteiger partial charge in [0.15, 0.2) is 0 Å². The molecule has 0 aliphatic carbocycles. The average molecular weight is 352 g/mol. The molecule has 8 nitrogen and oxygen atoms in total. The molecular weight excluding hydrogens is 341 g/mol. The molecule has 0 fully saturated rings. The van der Waals surface area contributed by atoms with E-state index in [1.165, 1.54) is 0 Å². The number of carboxylic acids is 2. The molecule has 4 N–H and O–H groups in total. The van der Waals surface area contributed by atoms with E-state index < -0.39 is 35.4 Å². The number of carbonyl (C=O) groups excluding carboxylic acids is 2. The van der Waals surface area contributed by atoms with Gasteiger partial charge in [-0.3, -0.25) is 9.59 Å². The van der Waals surface area contributed by atoms with Gasteiger partial charge in [0.25, 0.3) is 5.78 Å². The van der Waals surface area contributed by atoms with Crippen LogP contribution in [0.25, 0.3) is 0 Å². The van der Waals surface area contributed by atoms with E-state index in [9.17, 15) is 32.3 Å². The smallest absolute Gasteiger partial charge is 0.454 e. The summed E-state index contributed by atoms with van der Waals surface area (Å²) >= 11 is 0. The Morgan fingerprint density at radius 2 is 1.17 bits per heavy atom. The number of aliphatic carboxylic acids is 2. The van der Waals surface area contributed by atoms with Gasteiger partial charge in [-0.05, 0) is 24.3 Å². The van der Waals surface area contributed by atoms with Crippen LogP contribution in [0.2, 0.25) is 0 Å². The Morgan fingerprint density at radius 3 is 1.50 bits per heavy atom. The minimum atomic E-state index is -5.00. The monoisotopic (exact) mass is 352 g/mol. The Labute approximate surface area is 132 Å². The van der Waals surface area contributed by atoms with Crippen molar-refractivity contribution in [1.82, 2.24) is 0 Å². The molecule has 24 heavy (non-hydrogen) atoms. The van der Waals surface area contributed by atoms with Crippen LogP contribution < -0.4 is 0 Å². The Hall–Kier alpha value is -3.37. The number of aliphatic hydroxyl groups excluding tert-OH is 2. The summed E-state index contributed by atoms with van der Waals surface area (Å²) in [4.78, 5) is 39.5. The van der Waals surface area contributed by atoms with Crippen molar-refractivity contribution in [3.63, 3.8) is 0 Å². The van der Waals surface area contributed by atoms with Crippen molar-refractivity contribution in [2.45, 2.75) is 6.18 Å². The van der Waals surface area contributed by atoms with E-state index >= 15 is 0 Å². The van der Waals surface area contributed by atoms with E-state index in [0.717, 1.165) is 18.2 Å². The van der Waals surface area contributed by atoms with Crippen LogP contribution in [0.4, 0.5) is 13.2 Å². The summed E-state index contributed by atoms with van der Waals surface area (Å²) in [5.74, 6) is -7.20. The molecule has 0 aliphatic rings. The number of halogens is 3. The van der Waals surface area contributed by atoms with Crippen molar-refractivity contribution >= 4 is 24.0 Å². The third-order valence-corrected chi connectivity index (χ3v) is 1.66. The second-order valence-corrected chi connectivity index (χ2v) is 3.46. The highest BCUT2D eigenvalue weighted by Gasteiger charge is 2.35. The molecule has 0 aliphatic heterocycles. The molecule has 132 valence electrons. The summed E-state index contributed by atoms with van der Waals surface area (Å²) in [5.41, 5.74) is 0. The lowest BCUT2D eigenvalue weighted by Gasteiger charge is -1.97. The normalized spacial score (nSPS) is 12.6. The van der Waals surface area contributed by atoms with Gasteiger partial charge in [0.1, 0.15) is 6.29 Å². The molecule has 0 bridgehead atoms. The Kier molecular flexibility index (Phi) is 10.7. The molecule has 0 rings (SSSR count). The van der Waals surface area contributed by atoms with Crippen molar-refractivity contribution in [3.8, 4) is 0 Å². The minimum absolute atomic E-state index is 0.110. The van der Waals surface area contributed by atoms with Gasteiger partial charge in [-0.1, -0.05) is 12.2 Å². The number of rotatable bonds is 6. The minimum Gasteiger partial charge on any atom is -0.502 e. The van der Waals surface area contributed by atoms with Crippen LogP contribution >= 0.6 is 0 Å². The number of hydrogen-bond acceptors (Lipinski definition) is 6. The average Bonchev–Trinajstić information content (AvgIpc) is 2.46. The van der Waals surface area contributed by atoms with Gasteiger partial charge in [-0.15, -0.1) is 0 Å². The molecule has 0 aromatic heterocycles. The molecule has 0 aromatic carbocycles. The van der Waals surface area contributed by atoms with Crippen molar-refractivity contribution in [3.05, 3.63) is 48.0 Å². The highest BCUT2D eigenvalue weighted by Crippen LogP contribution is 2.16. The second-order valence-electron chi connectivity index (χ2n) is 3.46. The number of ketones is 1. The lowest BCUT2D eigenvalue weighted by molar-refractivity contribution is -0.165. The van der Waals surface area contributed by atoms with Crippen molar-refractivity contribution in [1.29, 1.82) is 0 Å². The van der Waals surface area contributed by atoms with Crippen molar-refractivity contribution in [2.24, 2.45) is 0 Å². The number of carbonyl (C=O) groups is 4. The maximum Gasteiger partial charge on any atom is 0.454 e. The first-order valence-electron chi connectivity index (χ1n) is 5.59. The standard InChI is InChI=1S/C7H5F3O4.C6H6O4/c8-7(9,10)5(12)3-1-2-4(11)6(13)14;7-4-2-1-3-5(8)6(9)10/h1-3,11H,(H,13,14);1-4,8H,(H,9,10). The first-order chi connectivity index (χ1) is 10.9. The largest absolute Gasteiger partial charge is 0.502 e. The predicted molar refractivity (Wildman–Crippen MR) is 72.1 cm³/mol. The topological polar surface area (TPSA) is 149 Å². The predicted octanol–water partition coefficient (Wildman–Crippen LogP) is 1.47. The molecule has 0 heterocycles. The van der Waals surface area contributed by atoms with E-state index in [1.807, 2.05) is 0 Å². The van der Waals surface area contributed by atoms with Crippen LogP contribution in [0.3, 0.4) is 0 Å². The van der Waals surface area contributed by atoms with Crippen LogP contribution in [-0.4, -0.2) is 50.6 Å². The first-order valence-corrected chi connectivity index (χ1v) is 5.59. The molecule has 11 heteroatoms. The van der Waals surface area contributed by atoms with E-state index in [0.29, 0.717) is 18.4 Å². The van der Waals surface area contributed by atoms with Gasteiger partial charge in [-0.2, -0.15) is 13.2 Å². The third-order valence-electron chi connectivity index (χ3n) is 1.66. The molecule has 0 saturated heterocycles. The van der Waals surface area contributed by atoms with E-state index in [1.54, 1.807) is 0 Å². The van der Waals surface area contributed by atoms with Crippen LogP contribution in [0.15, 0.2) is 48.0 Å². The maximum absolute atomic E-state index is 11.5. The fourth-order valence-electron chi connectivity index (χ4n) is 0.656. The summed E-state index contributed by atoms with van der Waals surface area (Å²) in [6, 6.07) is 0. The fourth-order valence-corrected chi connectivity index (χ4v) is 0.656. The number of carboxylic acid groups (broad SMARTS) is 2. The van der Waals surface area contributed by atoms with Crippen LogP contribution in [0, 0.1) is 0 Å². The van der Waals surface area contributed by atoms with E-state index in [-0.39, 0.29) is 6.08 Å². The lowest BCUT2D eigenvalue weighted by atomic mass is 10.3. The zero-order chi connectivity index (χ0) is 19.3. The van der Waals surface area contributed by atoms with Gasteiger partial charge in [0.05, 0.1) is 0 Å². The fraction of sp³-hybridized carbons (Fsp3) is 0.0769. The molecule has 0 aromatic rings. The number of alkyl halides is 3. The third kappa shape index (κ3) is 12.4. The van der Waals surface area contributed by atoms with Gasteiger partial charge in [-0.25, -0.2) is 9.59 Å². The molecular formula is C13H11F3O8. The highest BCUT2D eigenvalue weighted by atomic mass is 19.4. The summed E-state index contributed by atoms with van der Waals surface area (Å²) < 4.78 is 34.6. The van der Waals surface area contributed by atoms with Crippen LogP contribution in [0.5, 0.6) is 0 Å². The first kappa shape index (κ1) is 22.9. The zero-order valence-corrected chi connectivity index (χ0v) is 11.6. The summed E-state index contributed by atoms with van der Waals surface area (Å²) in [5, 5.41) is 33.0. The molecule has 0 unspecified atom stereocenters. The molecule has 0 atom stereocenters. The molecule has 0 spiro atoms. The Morgan fingerprint density at radius 1 is 0.750 bits per heavy atom. The SMILES string of the molecule is O=C(O)C(O)=CC=CC(=O)C(F)(F)F.O=CC=CC=C(O)C(=O)O. The maximum atomic E-state index is 11.5.